The Balaban J connectivity index is -0.0000000546. The Kier molecular flexibility index (Phi) is 26.1. The molecule has 0 unspecified atom stereocenters. The summed E-state index contributed by atoms with van der Waals surface area (Å²) in [7, 11) is 0. The van der Waals surface area contributed by atoms with Gasteiger partial charge in [-0.3, -0.25) is 0 Å². The minimum absolute atomic E-state index is 0. The van der Waals surface area contributed by atoms with Gasteiger partial charge in [-0.15, -0.1) is 0 Å². The van der Waals surface area contributed by atoms with Gasteiger partial charge in [-0.25, -0.2) is 0 Å². The van der Waals surface area contributed by atoms with E-state index in [2.05, 4.69) is 13.8 Å². The second-order valence-electron chi connectivity index (χ2n) is 2.12. The van der Waals surface area contributed by atoms with Gasteiger partial charge < -0.3 is 12.3 Å². The summed E-state index contributed by atoms with van der Waals surface area (Å²) in [6.07, 6.45) is 5.54. The van der Waals surface area contributed by atoms with E-state index in [1.807, 2.05) is 0 Å². The fourth-order valence-electron chi connectivity index (χ4n) is 0.500. The Morgan fingerprint density at radius 2 is 1.08 bits per heavy atom. The third kappa shape index (κ3) is 127. The van der Waals surface area contributed by atoms with E-state index in [9.17, 15) is 0 Å². The average Bonchev–Trinajstić information content (AvgIpc) is 1.79. The van der Waals surface area contributed by atoms with E-state index in [1.54, 1.807) is 0 Å². The van der Waals surface area contributed by atoms with Gasteiger partial charge >= 0.3 is 31.1 Å². The summed E-state index contributed by atoms with van der Waals surface area (Å²) in [4.78, 5) is 0. The van der Waals surface area contributed by atoms with Crippen LogP contribution in [-0.4, -0.2) is 0 Å². The standard InChI is InChI=1S/C6H14.2H3N.4O.W/c1-3-5-6-4-2;;;;;;;/h3-6H2,1-2H3;2*1H3;;;;;/q;;;;;2*-1;/p+2. The maximum atomic E-state index is 8.65. The number of rotatable bonds is 3. The molecule has 13 heavy (non-hydrogen) atoms. The van der Waals surface area contributed by atoms with Crippen LogP contribution in [-0.2, 0) is 23.5 Å². The van der Waals surface area contributed by atoms with Crippen molar-refractivity contribution in [2.24, 2.45) is 0 Å². The molecule has 0 amide bonds. The van der Waals surface area contributed by atoms with Crippen LogP contribution in [0.1, 0.15) is 39.5 Å². The molecule has 0 fully saturated rings. The van der Waals surface area contributed by atoms with E-state index >= 15 is 0 Å². The summed E-state index contributed by atoms with van der Waals surface area (Å²) in [5, 5.41) is 0. The van der Waals surface area contributed by atoms with E-state index in [4.69, 9.17) is 14.3 Å². The Hall–Kier alpha value is 0.128. The molecule has 0 saturated carbocycles. The van der Waals surface area contributed by atoms with Gasteiger partial charge in [0.1, 0.15) is 0 Å². The molecule has 0 heterocycles. The average molecular weight is 370 g/mol. The molecule has 0 radical (unpaired) electrons. The van der Waals surface area contributed by atoms with E-state index in [0.29, 0.717) is 0 Å². The molecule has 0 bridgehead atoms. The Morgan fingerprint density at radius 1 is 0.923 bits per heavy atom. The van der Waals surface area contributed by atoms with Crippen molar-refractivity contribution in [3.05, 3.63) is 0 Å². The third-order valence-electron chi connectivity index (χ3n) is 0.957. The van der Waals surface area contributed by atoms with Crippen molar-refractivity contribution in [3.63, 3.8) is 0 Å². The van der Waals surface area contributed by atoms with Gasteiger partial charge in [0.05, 0.1) is 0 Å². The van der Waals surface area contributed by atoms with E-state index in [1.165, 1.54) is 25.7 Å². The second-order valence-corrected chi connectivity index (χ2v) is 5.05. The monoisotopic (exact) mass is 370 g/mol. The molecular weight excluding hydrogens is 348 g/mol. The molecule has 7 heteroatoms. The van der Waals surface area contributed by atoms with Crippen LogP contribution in [0.4, 0.5) is 0 Å². The maximum absolute atomic E-state index is 8.65. The fraction of sp³-hybridized carbons (Fsp3) is 1.00. The van der Waals surface area contributed by atoms with Gasteiger partial charge in [0.15, 0.2) is 0 Å². The van der Waals surface area contributed by atoms with Crippen LogP contribution >= 0.6 is 0 Å². The molecular formula is C6H22N2O4W. The first-order chi connectivity index (χ1) is 4.91. The SMILES string of the molecule is CCCCCC.[NH4+].[NH4+].[O]=[W](=[O])([O-])[O-]. The zero-order valence-electron chi connectivity index (χ0n) is 8.87. The van der Waals surface area contributed by atoms with Gasteiger partial charge in [-0.2, -0.15) is 0 Å². The Morgan fingerprint density at radius 3 is 1.15 bits per heavy atom. The van der Waals surface area contributed by atoms with Crippen molar-refractivity contribution in [3.8, 4) is 0 Å². The summed E-state index contributed by atoms with van der Waals surface area (Å²) in [6.45, 7) is 4.46. The molecule has 0 aromatic rings. The van der Waals surface area contributed by atoms with Gasteiger partial charge in [0.25, 0.3) is 0 Å². The molecule has 0 aromatic heterocycles. The van der Waals surface area contributed by atoms with Crippen molar-refractivity contribution in [1.82, 2.24) is 12.3 Å². The van der Waals surface area contributed by atoms with Gasteiger partial charge in [0, 0.05) is 0 Å². The topological polar surface area (TPSA) is 153 Å². The van der Waals surface area contributed by atoms with Crippen molar-refractivity contribution in [2.45, 2.75) is 39.5 Å². The number of hydrogen-bond donors (Lipinski definition) is 2. The molecule has 0 atom stereocenters. The summed E-state index contributed by atoms with van der Waals surface area (Å²) < 4.78 is 34.6. The van der Waals surface area contributed by atoms with Gasteiger partial charge in [0.2, 0.25) is 0 Å². The molecule has 0 saturated heterocycles. The van der Waals surface area contributed by atoms with E-state index in [-0.39, 0.29) is 12.3 Å². The van der Waals surface area contributed by atoms with Crippen molar-refractivity contribution in [2.75, 3.05) is 0 Å². The molecule has 0 rings (SSSR count). The molecule has 0 aliphatic rings. The second kappa shape index (κ2) is 14.6. The normalized spacial score (nSPS) is 8.62. The van der Waals surface area contributed by atoms with Crippen LogP contribution in [0.15, 0.2) is 0 Å². The first-order valence-corrected chi connectivity index (χ1v) is 8.37. The summed E-state index contributed by atoms with van der Waals surface area (Å²) in [6, 6.07) is 0. The van der Waals surface area contributed by atoms with Crippen molar-refractivity contribution in [1.29, 1.82) is 0 Å². The molecule has 0 aliphatic heterocycles. The minimum atomic E-state index is -6.17. The zero-order chi connectivity index (χ0) is 9.33. The van der Waals surface area contributed by atoms with Crippen molar-refractivity contribution >= 4 is 0 Å². The fourth-order valence-corrected chi connectivity index (χ4v) is 0.500. The van der Waals surface area contributed by atoms with E-state index < -0.39 is 16.7 Å². The Labute approximate surface area is 83.2 Å². The number of quaternary nitrogens is 2. The summed E-state index contributed by atoms with van der Waals surface area (Å²) in [5.41, 5.74) is 0. The Bertz CT molecular complexity index is 146. The van der Waals surface area contributed by atoms with Crippen LogP contribution in [0, 0.1) is 0 Å². The first-order valence-electron chi connectivity index (χ1n) is 3.58. The molecule has 8 N–H and O–H groups in total. The van der Waals surface area contributed by atoms with Crippen LogP contribution in [0.2, 0.25) is 0 Å². The zero-order valence-corrected chi connectivity index (χ0v) is 11.8. The van der Waals surface area contributed by atoms with Gasteiger partial charge in [-0.05, 0) is 0 Å². The van der Waals surface area contributed by atoms with Crippen LogP contribution in [0.3, 0.4) is 0 Å². The predicted octanol–water partition coefficient (Wildman–Crippen LogP) is 0.721. The van der Waals surface area contributed by atoms with Crippen LogP contribution in [0.5, 0.6) is 0 Å². The molecule has 86 valence electrons. The number of hydrogen-bond acceptors (Lipinski definition) is 4. The molecule has 0 aliphatic carbocycles. The first kappa shape index (κ1) is 23.2. The van der Waals surface area contributed by atoms with Crippen molar-refractivity contribution < 1.29 is 31.1 Å². The number of unbranched alkanes of at least 4 members (excludes halogenated alkanes) is 3. The summed E-state index contributed by atoms with van der Waals surface area (Å²) >= 11 is -6.17. The molecule has 0 spiro atoms. The van der Waals surface area contributed by atoms with Crippen LogP contribution < -0.4 is 19.8 Å². The van der Waals surface area contributed by atoms with E-state index in [0.717, 1.165) is 0 Å². The van der Waals surface area contributed by atoms with Gasteiger partial charge in [-0.1, -0.05) is 39.5 Å². The quantitative estimate of drug-likeness (QED) is 0.703. The molecule has 6 nitrogen and oxygen atoms in total. The molecule has 0 aromatic carbocycles. The summed E-state index contributed by atoms with van der Waals surface area (Å²) in [5.74, 6) is 0. The van der Waals surface area contributed by atoms with Crippen LogP contribution in [0.25, 0.3) is 0 Å². The predicted molar refractivity (Wildman–Crippen MR) is 43.2 cm³/mol. The third-order valence-corrected chi connectivity index (χ3v) is 0.957.